The van der Waals surface area contributed by atoms with E-state index in [1.807, 2.05) is 48.2 Å². The van der Waals surface area contributed by atoms with E-state index in [0.29, 0.717) is 31.2 Å². The Hall–Kier alpha value is -1.83. The molecule has 1 aliphatic heterocycles. The molecule has 1 N–H and O–H groups in total. The van der Waals surface area contributed by atoms with E-state index in [0.717, 1.165) is 11.5 Å². The Labute approximate surface area is 173 Å². The first kappa shape index (κ1) is 21.9. The van der Waals surface area contributed by atoms with Crippen LogP contribution in [0.1, 0.15) is 43.3 Å². The van der Waals surface area contributed by atoms with Gasteiger partial charge in [-0.15, -0.1) is 0 Å². The van der Waals surface area contributed by atoms with Crippen molar-refractivity contribution in [3.05, 3.63) is 53.5 Å². The normalized spacial score (nSPS) is 19.7. The molecule has 0 aliphatic carbocycles. The summed E-state index contributed by atoms with van der Waals surface area (Å²) in [6, 6.07) is 11.5. The number of sulfone groups is 1. The van der Waals surface area contributed by atoms with Crippen molar-refractivity contribution in [2.24, 2.45) is 0 Å². The summed E-state index contributed by atoms with van der Waals surface area (Å²) in [5.41, 5.74) is 1.24. The maximum atomic E-state index is 11.9. The monoisotopic (exact) mass is 421 g/mol. The van der Waals surface area contributed by atoms with Crippen molar-refractivity contribution in [2.75, 3.05) is 24.7 Å². The fourth-order valence-electron chi connectivity index (χ4n) is 3.64. The summed E-state index contributed by atoms with van der Waals surface area (Å²) in [5, 5.41) is 10.6. The Morgan fingerprint density at radius 2 is 1.93 bits per heavy atom. The second kappa shape index (κ2) is 9.32. The number of ether oxygens (including phenoxy) is 1. The summed E-state index contributed by atoms with van der Waals surface area (Å²) in [5.74, 6) is 3.06. The van der Waals surface area contributed by atoms with Crippen molar-refractivity contribution >= 4 is 9.84 Å². The summed E-state index contributed by atoms with van der Waals surface area (Å²) < 4.78 is 35.3. The fourth-order valence-corrected chi connectivity index (χ4v) is 5.40. The second-order valence-electron chi connectivity index (χ2n) is 8.19. The van der Waals surface area contributed by atoms with E-state index in [-0.39, 0.29) is 24.2 Å². The zero-order valence-corrected chi connectivity index (χ0v) is 18.2. The number of benzene rings is 1. The topological polar surface area (TPSA) is 80.0 Å². The van der Waals surface area contributed by atoms with Crippen LogP contribution in [0.3, 0.4) is 0 Å². The van der Waals surface area contributed by atoms with Crippen molar-refractivity contribution < 1.29 is 22.7 Å². The third-order valence-corrected chi connectivity index (χ3v) is 7.06. The van der Waals surface area contributed by atoms with Crippen molar-refractivity contribution in [2.45, 2.75) is 51.8 Å². The molecule has 0 radical (unpaired) electrons. The highest BCUT2D eigenvalue weighted by atomic mass is 32.2. The molecule has 1 saturated heterocycles. The third-order valence-electron chi connectivity index (χ3n) is 5.31. The van der Waals surface area contributed by atoms with Crippen molar-refractivity contribution in [3.8, 4) is 5.75 Å². The summed E-state index contributed by atoms with van der Waals surface area (Å²) >= 11 is 0. The predicted molar refractivity (Wildman–Crippen MR) is 113 cm³/mol. The lowest BCUT2D eigenvalue weighted by molar-refractivity contribution is 0.0496. The lowest BCUT2D eigenvalue weighted by Gasteiger charge is -2.29. The molecule has 6 nitrogen and oxygen atoms in total. The van der Waals surface area contributed by atoms with Crippen LogP contribution in [-0.4, -0.2) is 55.2 Å². The number of aliphatic hydroxyl groups excluding tert-OH is 1. The van der Waals surface area contributed by atoms with Crippen LogP contribution in [0.15, 0.2) is 40.8 Å². The molecule has 7 heteroatoms. The van der Waals surface area contributed by atoms with Crippen LogP contribution in [0, 0.1) is 6.92 Å². The Morgan fingerprint density at radius 1 is 1.21 bits per heavy atom. The van der Waals surface area contributed by atoms with Gasteiger partial charge in [0.25, 0.3) is 0 Å². The molecule has 2 aromatic rings. The molecule has 1 aromatic heterocycles. The smallest absolute Gasteiger partial charge is 0.151 e. The van der Waals surface area contributed by atoms with E-state index >= 15 is 0 Å². The maximum absolute atomic E-state index is 11.9. The standard InChI is InChI=1S/C22H31NO5S/c1-16(2)18-5-8-21(9-6-18)27-14-20(24)12-23(13-22-7-4-17(3)28-22)19-10-11-29(25,26)15-19/h4-9,16,19-20,24H,10-15H2,1-3H3. The van der Waals surface area contributed by atoms with E-state index in [4.69, 9.17) is 9.15 Å². The molecular formula is C22H31NO5S. The number of furan rings is 1. The SMILES string of the molecule is Cc1ccc(CN(CC(O)COc2ccc(C(C)C)cc2)C2CCS(=O)(=O)C2)o1. The molecule has 2 heterocycles. The Balaban J connectivity index is 1.60. The molecule has 0 amide bonds. The first-order chi connectivity index (χ1) is 13.7. The molecule has 1 fully saturated rings. The Morgan fingerprint density at radius 3 is 2.48 bits per heavy atom. The van der Waals surface area contributed by atoms with Crippen LogP contribution >= 0.6 is 0 Å². The van der Waals surface area contributed by atoms with Crippen LogP contribution in [0.25, 0.3) is 0 Å². The summed E-state index contributed by atoms with van der Waals surface area (Å²) in [4.78, 5) is 2.00. The molecular weight excluding hydrogens is 390 g/mol. The highest BCUT2D eigenvalue weighted by Gasteiger charge is 2.33. The van der Waals surface area contributed by atoms with Gasteiger partial charge in [0.15, 0.2) is 9.84 Å². The van der Waals surface area contributed by atoms with Crippen molar-refractivity contribution in [1.29, 1.82) is 0 Å². The van der Waals surface area contributed by atoms with E-state index in [9.17, 15) is 13.5 Å². The van der Waals surface area contributed by atoms with Gasteiger partial charge in [0.1, 0.15) is 30.0 Å². The second-order valence-corrected chi connectivity index (χ2v) is 10.4. The van der Waals surface area contributed by atoms with Crippen LogP contribution in [0.2, 0.25) is 0 Å². The minimum absolute atomic E-state index is 0.120. The number of hydrogen-bond donors (Lipinski definition) is 1. The zero-order chi connectivity index (χ0) is 21.0. The van der Waals surface area contributed by atoms with Gasteiger partial charge in [0.05, 0.1) is 18.1 Å². The van der Waals surface area contributed by atoms with Crippen molar-refractivity contribution in [1.82, 2.24) is 4.90 Å². The van der Waals surface area contributed by atoms with Gasteiger partial charge in [-0.25, -0.2) is 8.42 Å². The van der Waals surface area contributed by atoms with Gasteiger partial charge < -0.3 is 14.3 Å². The first-order valence-corrected chi connectivity index (χ1v) is 11.9. The highest BCUT2D eigenvalue weighted by Crippen LogP contribution is 2.22. The Bertz CT molecular complexity index is 888. The number of rotatable bonds is 9. The molecule has 0 spiro atoms. The van der Waals surface area contributed by atoms with Crippen LogP contribution in [0.4, 0.5) is 0 Å². The lowest BCUT2D eigenvalue weighted by atomic mass is 10.0. The van der Waals surface area contributed by atoms with Gasteiger partial charge in [0.2, 0.25) is 0 Å². The van der Waals surface area contributed by atoms with Gasteiger partial charge in [-0.05, 0) is 49.1 Å². The quantitative estimate of drug-likeness (QED) is 0.670. The zero-order valence-electron chi connectivity index (χ0n) is 17.4. The van der Waals surface area contributed by atoms with Gasteiger partial charge >= 0.3 is 0 Å². The average Bonchev–Trinajstić information content (AvgIpc) is 3.24. The molecule has 2 unspecified atom stereocenters. The summed E-state index contributed by atoms with van der Waals surface area (Å²) in [6.07, 6.45) is -0.161. The lowest BCUT2D eigenvalue weighted by Crippen LogP contribution is -2.42. The van der Waals surface area contributed by atoms with E-state index in [1.165, 1.54) is 5.56 Å². The highest BCUT2D eigenvalue weighted by molar-refractivity contribution is 7.91. The molecule has 2 atom stereocenters. The average molecular weight is 422 g/mol. The van der Waals surface area contributed by atoms with E-state index < -0.39 is 15.9 Å². The molecule has 0 bridgehead atoms. The third kappa shape index (κ3) is 6.32. The predicted octanol–water partition coefficient (Wildman–Crippen LogP) is 3.14. The van der Waals surface area contributed by atoms with Crippen LogP contribution in [0.5, 0.6) is 5.75 Å². The van der Waals surface area contributed by atoms with Gasteiger partial charge in [-0.1, -0.05) is 26.0 Å². The molecule has 1 aliphatic rings. The van der Waals surface area contributed by atoms with Gasteiger partial charge in [-0.3, -0.25) is 4.90 Å². The minimum atomic E-state index is -3.01. The van der Waals surface area contributed by atoms with Crippen LogP contribution < -0.4 is 4.74 Å². The van der Waals surface area contributed by atoms with Gasteiger partial charge in [0, 0.05) is 12.6 Å². The first-order valence-electron chi connectivity index (χ1n) is 10.1. The molecule has 1 aromatic carbocycles. The Kier molecular flexibility index (Phi) is 7.03. The minimum Gasteiger partial charge on any atom is -0.491 e. The fraction of sp³-hybridized carbons (Fsp3) is 0.545. The number of hydrogen-bond acceptors (Lipinski definition) is 6. The number of nitrogens with zero attached hydrogens (tertiary/aromatic N) is 1. The maximum Gasteiger partial charge on any atom is 0.151 e. The van der Waals surface area contributed by atoms with E-state index in [1.54, 1.807) is 0 Å². The van der Waals surface area contributed by atoms with Crippen LogP contribution in [-0.2, 0) is 16.4 Å². The molecule has 0 saturated carbocycles. The largest absolute Gasteiger partial charge is 0.491 e. The number of aliphatic hydroxyl groups is 1. The summed E-state index contributed by atoms with van der Waals surface area (Å²) in [7, 11) is -3.01. The molecule has 29 heavy (non-hydrogen) atoms. The van der Waals surface area contributed by atoms with Crippen molar-refractivity contribution in [3.63, 3.8) is 0 Å². The van der Waals surface area contributed by atoms with Gasteiger partial charge in [-0.2, -0.15) is 0 Å². The molecule has 160 valence electrons. The molecule has 3 rings (SSSR count). The van der Waals surface area contributed by atoms with E-state index in [2.05, 4.69) is 13.8 Å². The number of aryl methyl sites for hydroxylation is 1. The summed E-state index contributed by atoms with van der Waals surface area (Å²) in [6.45, 7) is 7.09.